The summed E-state index contributed by atoms with van der Waals surface area (Å²) in [5, 5.41) is 3.46. The molecular weight excluding hydrogens is 1310 g/mol. The summed E-state index contributed by atoms with van der Waals surface area (Å²) in [6.07, 6.45) is 25.3. The van der Waals surface area contributed by atoms with Gasteiger partial charge >= 0.3 is 0 Å². The van der Waals surface area contributed by atoms with Gasteiger partial charge in [0, 0.05) is 93.8 Å². The molecule has 24 heteroatoms. The van der Waals surface area contributed by atoms with E-state index in [1.807, 2.05) is 28.0 Å². The van der Waals surface area contributed by atoms with Gasteiger partial charge in [0.05, 0.1) is 23.0 Å². The molecule has 0 radical (unpaired) electrons. The average molecular weight is 1420 g/mol. The van der Waals surface area contributed by atoms with Crippen LogP contribution in [0.15, 0.2) is 70.5 Å². The molecule has 3 aromatic rings. The molecule has 2 unspecified atom stereocenters. The number of halogens is 6. The van der Waals surface area contributed by atoms with Crippen molar-refractivity contribution in [3.05, 3.63) is 94.0 Å². The standard InChI is InChI=1S/C28H44N4O4S.C18H34N4O2.C10H11ClO2S.C10H12.5ClH/c1-29-14-11-25(12-15-29)30-16-18-31(19-17-30)28(33)22-36-21-26-8-4-5-13-32(26)37(34,35)27-10-9-23-6-2-3-7-24(23)20-27;1-20-8-5-17(6-9-20)21-10-12-22(13-11-21)18(23)15-24-14-16-4-2-3-7-19-16;11-14(12,13)10-6-5-8-3-1-2-4-9(8)7-10;1-2-6-10-8-4-3-7-9(10)5-1;;;;;/h9-10,20,25-26H,2-8,11-19,21-22H2,1H3;16-17,19H,2-15H2,1H3;5-7H,1-4H2;1-2,5-6H,3-4,7-8H2;5*1H. The van der Waals surface area contributed by atoms with Gasteiger partial charge < -0.3 is 34.4 Å². The topological polar surface area (TPSA) is 156 Å². The Morgan fingerprint density at radius 2 is 0.878 bits per heavy atom. The lowest BCUT2D eigenvalue weighted by Gasteiger charge is -2.42. The maximum absolute atomic E-state index is 13.6. The average Bonchev–Trinajstić information content (AvgIpc) is 0.991. The second-order valence-electron chi connectivity index (χ2n) is 25.5. The van der Waals surface area contributed by atoms with Crippen LogP contribution in [0.25, 0.3) is 0 Å². The van der Waals surface area contributed by atoms with Crippen molar-refractivity contribution in [2.75, 3.05) is 132 Å². The van der Waals surface area contributed by atoms with Crippen LogP contribution in [0.1, 0.15) is 136 Å². The normalized spacial score (nSPS) is 22.3. The zero-order valence-corrected chi connectivity index (χ0v) is 60.0. The maximum atomic E-state index is 13.6. The van der Waals surface area contributed by atoms with Crippen molar-refractivity contribution < 1.29 is 35.9 Å². The first kappa shape index (κ1) is 80.4. The van der Waals surface area contributed by atoms with Crippen LogP contribution in [0.5, 0.6) is 0 Å². The summed E-state index contributed by atoms with van der Waals surface area (Å²) in [5.74, 6) is 0.178. The summed E-state index contributed by atoms with van der Waals surface area (Å²) in [4.78, 5) is 39.6. The van der Waals surface area contributed by atoms with Crippen LogP contribution >= 0.6 is 72.7 Å². The fraction of sp³-hybridized carbons (Fsp3) is 0.697. The molecule has 6 aliphatic heterocycles. The van der Waals surface area contributed by atoms with Crippen LogP contribution in [-0.2, 0) is 76.7 Å². The van der Waals surface area contributed by atoms with Crippen molar-refractivity contribution in [1.82, 2.24) is 39.0 Å². The van der Waals surface area contributed by atoms with E-state index >= 15 is 0 Å². The number of carbonyl (C=O) groups is 2. The quantitative estimate of drug-likeness (QED) is 0.162. The molecule has 3 aliphatic carbocycles. The van der Waals surface area contributed by atoms with Gasteiger partial charge in [-0.05, 0) is 233 Å². The van der Waals surface area contributed by atoms with Crippen molar-refractivity contribution in [2.24, 2.45) is 0 Å². The fourth-order valence-corrected chi connectivity index (χ4v) is 16.7. The zero-order chi connectivity index (χ0) is 59.6. The van der Waals surface area contributed by atoms with Gasteiger partial charge in [-0.25, -0.2) is 16.8 Å². The van der Waals surface area contributed by atoms with Gasteiger partial charge in [0.1, 0.15) is 13.2 Å². The van der Waals surface area contributed by atoms with Crippen LogP contribution in [0.3, 0.4) is 0 Å². The van der Waals surface area contributed by atoms with E-state index in [1.165, 1.54) is 113 Å². The first-order valence-electron chi connectivity index (χ1n) is 32.7. The summed E-state index contributed by atoms with van der Waals surface area (Å²) < 4.78 is 62.5. The molecule has 3 aromatic carbocycles. The Bertz CT molecular complexity index is 2810. The minimum atomic E-state index is -3.59. The lowest BCUT2D eigenvalue weighted by atomic mass is 9.92. The van der Waals surface area contributed by atoms with Crippen LogP contribution in [0.2, 0.25) is 0 Å². The molecule has 1 N–H and O–H groups in total. The predicted molar refractivity (Wildman–Crippen MR) is 375 cm³/mol. The van der Waals surface area contributed by atoms with E-state index in [1.54, 1.807) is 33.6 Å². The molecule has 90 heavy (non-hydrogen) atoms. The Labute approximate surface area is 575 Å². The summed E-state index contributed by atoms with van der Waals surface area (Å²) in [6, 6.07) is 21.2. The molecule has 6 saturated heterocycles. The van der Waals surface area contributed by atoms with Crippen LogP contribution in [-0.4, -0.2) is 219 Å². The number of amides is 2. The number of fused-ring (bicyclic) bond motifs is 3. The number of nitrogens with one attached hydrogen (secondary N) is 1. The van der Waals surface area contributed by atoms with E-state index in [9.17, 15) is 26.4 Å². The smallest absolute Gasteiger partial charge is 0.261 e. The van der Waals surface area contributed by atoms with Crippen molar-refractivity contribution in [3.8, 4) is 0 Å². The first-order chi connectivity index (χ1) is 41.2. The number of piperidine rings is 4. The number of piperazine rings is 2. The van der Waals surface area contributed by atoms with E-state index < -0.39 is 19.1 Å². The minimum Gasteiger partial charge on any atom is -0.370 e. The van der Waals surface area contributed by atoms with Crippen molar-refractivity contribution in [1.29, 1.82) is 0 Å². The van der Waals surface area contributed by atoms with Crippen molar-refractivity contribution in [2.45, 2.75) is 175 Å². The number of carbonyl (C=O) groups excluding carboxylic acids is 2. The van der Waals surface area contributed by atoms with Gasteiger partial charge in [-0.3, -0.25) is 19.4 Å². The summed E-state index contributed by atoms with van der Waals surface area (Å²) in [6.45, 7) is 14.6. The van der Waals surface area contributed by atoms with Gasteiger partial charge in [0.2, 0.25) is 21.8 Å². The van der Waals surface area contributed by atoms with Gasteiger partial charge in [-0.15, -0.1) is 62.0 Å². The van der Waals surface area contributed by atoms with Crippen LogP contribution < -0.4 is 5.32 Å². The van der Waals surface area contributed by atoms with Crippen LogP contribution in [0.4, 0.5) is 0 Å². The highest BCUT2D eigenvalue weighted by Crippen LogP contribution is 2.31. The predicted octanol–water partition coefficient (Wildman–Crippen LogP) is 9.91. The number of benzene rings is 3. The third-order valence-corrected chi connectivity index (χ3v) is 22.9. The Kier molecular flexibility index (Phi) is 36.1. The summed E-state index contributed by atoms with van der Waals surface area (Å²) in [7, 11) is 2.51. The van der Waals surface area contributed by atoms with E-state index in [4.69, 9.17) is 20.2 Å². The van der Waals surface area contributed by atoms with E-state index in [0.29, 0.717) is 36.2 Å². The van der Waals surface area contributed by atoms with Crippen molar-refractivity contribution >= 4 is 104 Å². The molecule has 0 spiro atoms. The van der Waals surface area contributed by atoms with Gasteiger partial charge in [0.15, 0.2) is 0 Å². The molecular formula is C66H106Cl6N8O8S2. The maximum Gasteiger partial charge on any atom is 0.261 e. The number of ether oxygens (including phenoxy) is 2. The zero-order valence-electron chi connectivity index (χ0n) is 53.5. The Balaban J connectivity index is 0.000000279. The molecule has 6 fully saturated rings. The molecule has 6 heterocycles. The SMILES string of the molecule is CN1CCC(N2CCN(C(=O)COCC3CCCCN3)CC2)CC1.CN1CCC(N2CCN(C(=O)COCC3CCCCN3S(=O)(=O)c3ccc4c(c3)CCCC4)CC2)CC1.Cl.Cl.Cl.Cl.Cl.O=S(=O)(Cl)c1ccc2c(c1)CCCC2.c1ccc2c(c1)CCCC2. The number of hydrogen-bond donors (Lipinski definition) is 1. The number of sulfonamides is 1. The second kappa shape index (κ2) is 40.5. The molecule has 12 rings (SSSR count). The second-order valence-corrected chi connectivity index (χ2v) is 30.0. The third-order valence-electron chi connectivity index (χ3n) is 19.6. The van der Waals surface area contributed by atoms with Crippen molar-refractivity contribution in [3.63, 3.8) is 0 Å². The highest BCUT2D eigenvalue weighted by Gasteiger charge is 2.35. The summed E-state index contributed by atoms with van der Waals surface area (Å²) >= 11 is 0. The number of aryl methyl sites for hydroxylation is 6. The molecule has 0 saturated carbocycles. The molecule has 2 amide bonds. The highest BCUT2D eigenvalue weighted by atomic mass is 35.7. The summed E-state index contributed by atoms with van der Waals surface area (Å²) in [5.41, 5.74) is 8.02. The lowest BCUT2D eigenvalue weighted by molar-refractivity contribution is -0.139. The number of hydrogen-bond acceptors (Lipinski definition) is 13. The van der Waals surface area contributed by atoms with E-state index in [2.05, 4.69) is 63.3 Å². The Hall–Kier alpha value is -2.08. The third kappa shape index (κ3) is 23.9. The minimum absolute atomic E-state index is 0. The van der Waals surface area contributed by atoms with Gasteiger partial charge in [-0.2, -0.15) is 4.31 Å². The highest BCUT2D eigenvalue weighted by molar-refractivity contribution is 8.13. The molecule has 16 nitrogen and oxygen atoms in total. The Morgan fingerprint density at radius 3 is 1.32 bits per heavy atom. The van der Waals surface area contributed by atoms with Crippen LogP contribution in [0, 0.1) is 0 Å². The molecule has 0 bridgehead atoms. The first-order valence-corrected chi connectivity index (χ1v) is 36.5. The molecule has 0 aromatic heterocycles. The largest absolute Gasteiger partial charge is 0.370 e. The van der Waals surface area contributed by atoms with Gasteiger partial charge in [-0.1, -0.05) is 49.2 Å². The molecule has 9 aliphatic rings. The number of nitrogens with zero attached hydrogens (tertiary/aromatic N) is 7. The molecule has 512 valence electrons. The van der Waals surface area contributed by atoms with Gasteiger partial charge in [0.25, 0.3) is 9.05 Å². The molecule has 2 atom stereocenters. The number of likely N-dealkylation sites (tertiary alicyclic amines) is 2. The number of rotatable bonds is 13. The monoisotopic (exact) mass is 1410 g/mol. The van der Waals surface area contributed by atoms with E-state index in [0.717, 1.165) is 135 Å². The van der Waals surface area contributed by atoms with E-state index in [-0.39, 0.29) is 105 Å². The lowest BCUT2D eigenvalue weighted by Crippen LogP contribution is -2.54. The Morgan fingerprint density at radius 1 is 0.467 bits per heavy atom. The fourth-order valence-electron chi connectivity index (χ4n) is 14.2.